The van der Waals surface area contributed by atoms with Crippen molar-refractivity contribution in [2.24, 2.45) is 0 Å². The number of aryl methyl sites for hydroxylation is 1. The lowest BCUT2D eigenvalue weighted by atomic mass is 9.95. The molecular formula is C32H36N2O5. The number of Topliss-reactive ketones (excluding diaryl/α,β-unsaturated/α-hetero) is 1. The summed E-state index contributed by atoms with van der Waals surface area (Å²) in [5.74, 6) is -0.150. The van der Waals surface area contributed by atoms with Crippen molar-refractivity contribution in [2.75, 3.05) is 33.8 Å². The van der Waals surface area contributed by atoms with Crippen molar-refractivity contribution in [2.45, 2.75) is 32.9 Å². The first kappa shape index (κ1) is 27.9. The molecule has 204 valence electrons. The number of likely N-dealkylation sites (tertiary alicyclic amines) is 1. The molecule has 1 amide bonds. The average Bonchev–Trinajstić information content (AvgIpc) is 3.17. The summed E-state index contributed by atoms with van der Waals surface area (Å²) in [6.45, 7) is 6.06. The fourth-order valence-electron chi connectivity index (χ4n) is 4.76. The molecule has 3 aromatic rings. The van der Waals surface area contributed by atoms with Gasteiger partial charge in [-0.2, -0.15) is 0 Å². The highest BCUT2D eigenvalue weighted by Crippen LogP contribution is 2.40. The Morgan fingerprint density at radius 1 is 0.949 bits per heavy atom. The largest absolute Gasteiger partial charge is 0.507 e. The van der Waals surface area contributed by atoms with Crippen molar-refractivity contribution in [3.05, 3.63) is 101 Å². The number of rotatable bonds is 11. The van der Waals surface area contributed by atoms with Crippen LogP contribution in [0.4, 0.5) is 0 Å². The maximum atomic E-state index is 13.3. The van der Waals surface area contributed by atoms with Gasteiger partial charge in [-0.15, -0.1) is 0 Å². The van der Waals surface area contributed by atoms with E-state index in [1.807, 2.05) is 75.3 Å². The highest BCUT2D eigenvalue weighted by Gasteiger charge is 2.45. The van der Waals surface area contributed by atoms with Crippen LogP contribution in [0.1, 0.15) is 41.6 Å². The first-order chi connectivity index (χ1) is 18.8. The van der Waals surface area contributed by atoms with Gasteiger partial charge in [-0.25, -0.2) is 0 Å². The van der Waals surface area contributed by atoms with Crippen LogP contribution in [0.3, 0.4) is 0 Å². The number of carbonyl (C=O) groups is 2. The number of aliphatic hydroxyl groups is 1. The smallest absolute Gasteiger partial charge is 0.295 e. The second-order valence-electron chi connectivity index (χ2n) is 9.95. The number of hydrogen-bond acceptors (Lipinski definition) is 6. The molecule has 0 aliphatic carbocycles. The molecule has 0 radical (unpaired) electrons. The third kappa shape index (κ3) is 6.67. The van der Waals surface area contributed by atoms with Crippen molar-refractivity contribution in [3.8, 4) is 11.5 Å². The Balaban J connectivity index is 1.63. The molecule has 1 unspecified atom stereocenters. The van der Waals surface area contributed by atoms with E-state index < -0.39 is 17.7 Å². The van der Waals surface area contributed by atoms with Crippen molar-refractivity contribution < 1.29 is 24.2 Å². The van der Waals surface area contributed by atoms with E-state index in [0.717, 1.165) is 23.2 Å². The second-order valence-corrected chi connectivity index (χ2v) is 9.95. The van der Waals surface area contributed by atoms with Crippen molar-refractivity contribution in [1.82, 2.24) is 9.80 Å². The summed E-state index contributed by atoms with van der Waals surface area (Å²) in [7, 11) is 3.93. The van der Waals surface area contributed by atoms with Crippen LogP contribution in [-0.2, 0) is 16.2 Å². The molecule has 4 rings (SSSR count). The van der Waals surface area contributed by atoms with Gasteiger partial charge in [-0.05, 0) is 88.4 Å². The number of amides is 1. The number of nitrogens with zero attached hydrogens (tertiary/aromatic N) is 2. The first-order valence-corrected chi connectivity index (χ1v) is 13.2. The molecule has 1 saturated heterocycles. The third-order valence-corrected chi connectivity index (χ3v) is 6.67. The van der Waals surface area contributed by atoms with Crippen molar-refractivity contribution in [3.63, 3.8) is 0 Å². The normalized spacial score (nSPS) is 16.6. The number of ether oxygens (including phenoxy) is 2. The Hall–Kier alpha value is -4.10. The van der Waals surface area contributed by atoms with Crippen LogP contribution in [0.15, 0.2) is 78.4 Å². The van der Waals surface area contributed by atoms with Gasteiger partial charge in [0.1, 0.15) is 23.9 Å². The summed E-state index contributed by atoms with van der Waals surface area (Å²) in [5, 5.41) is 11.3. The number of aliphatic hydroxyl groups excluding tert-OH is 1. The van der Waals surface area contributed by atoms with E-state index in [1.165, 1.54) is 0 Å². The molecule has 7 nitrogen and oxygen atoms in total. The minimum absolute atomic E-state index is 0.0856. The molecule has 3 aromatic carbocycles. The highest BCUT2D eigenvalue weighted by atomic mass is 16.5. The van der Waals surface area contributed by atoms with Gasteiger partial charge in [0, 0.05) is 12.1 Å². The van der Waals surface area contributed by atoms with Gasteiger partial charge < -0.3 is 24.4 Å². The Morgan fingerprint density at radius 3 is 2.26 bits per heavy atom. The number of hydrogen-bond donors (Lipinski definition) is 1. The first-order valence-electron chi connectivity index (χ1n) is 13.2. The Kier molecular flexibility index (Phi) is 9.04. The second kappa shape index (κ2) is 12.6. The molecule has 1 atom stereocenters. The SMILES string of the molecule is CCOc1ccc(C2C(=C(O)c3ccc(OCc4cccc(C)c4)cc3)C(=O)C(=O)N2CCCN(C)C)cc1. The van der Waals surface area contributed by atoms with Crippen LogP contribution in [0.2, 0.25) is 0 Å². The van der Waals surface area contributed by atoms with E-state index in [4.69, 9.17) is 9.47 Å². The average molecular weight is 529 g/mol. The predicted octanol–water partition coefficient (Wildman–Crippen LogP) is 5.35. The summed E-state index contributed by atoms with van der Waals surface area (Å²) in [6, 6.07) is 21.6. The summed E-state index contributed by atoms with van der Waals surface area (Å²) in [6.07, 6.45) is 0.695. The van der Waals surface area contributed by atoms with Gasteiger partial charge >= 0.3 is 0 Å². The van der Waals surface area contributed by atoms with Crippen LogP contribution >= 0.6 is 0 Å². The lowest BCUT2D eigenvalue weighted by Gasteiger charge is -2.26. The molecule has 39 heavy (non-hydrogen) atoms. The van der Waals surface area contributed by atoms with E-state index in [-0.39, 0.29) is 11.3 Å². The van der Waals surface area contributed by atoms with Gasteiger partial charge in [-0.1, -0.05) is 42.0 Å². The van der Waals surface area contributed by atoms with Crippen LogP contribution in [0, 0.1) is 6.92 Å². The summed E-state index contributed by atoms with van der Waals surface area (Å²) in [5.41, 5.74) is 3.49. The zero-order chi connectivity index (χ0) is 27.9. The monoisotopic (exact) mass is 528 g/mol. The van der Waals surface area contributed by atoms with Gasteiger partial charge in [-0.3, -0.25) is 9.59 Å². The predicted molar refractivity (Wildman–Crippen MR) is 152 cm³/mol. The molecule has 0 saturated carbocycles. The van der Waals surface area contributed by atoms with Gasteiger partial charge in [0.2, 0.25) is 0 Å². The van der Waals surface area contributed by atoms with E-state index in [9.17, 15) is 14.7 Å². The quantitative estimate of drug-likeness (QED) is 0.205. The van der Waals surface area contributed by atoms with Gasteiger partial charge in [0.05, 0.1) is 18.2 Å². The van der Waals surface area contributed by atoms with E-state index in [2.05, 4.69) is 6.07 Å². The Bertz CT molecular complexity index is 1330. The van der Waals surface area contributed by atoms with Gasteiger partial charge in [0.15, 0.2) is 0 Å². The van der Waals surface area contributed by atoms with E-state index in [1.54, 1.807) is 29.2 Å². The summed E-state index contributed by atoms with van der Waals surface area (Å²) >= 11 is 0. The number of ketones is 1. The fourth-order valence-corrected chi connectivity index (χ4v) is 4.76. The zero-order valence-electron chi connectivity index (χ0n) is 23.0. The lowest BCUT2D eigenvalue weighted by Crippen LogP contribution is -2.32. The van der Waals surface area contributed by atoms with Crippen LogP contribution in [0.25, 0.3) is 5.76 Å². The van der Waals surface area contributed by atoms with E-state index in [0.29, 0.717) is 43.2 Å². The topological polar surface area (TPSA) is 79.3 Å². The molecule has 7 heteroatoms. The summed E-state index contributed by atoms with van der Waals surface area (Å²) in [4.78, 5) is 30.0. The number of benzene rings is 3. The third-order valence-electron chi connectivity index (χ3n) is 6.67. The fraction of sp³-hybridized carbons (Fsp3) is 0.312. The molecule has 0 aromatic heterocycles. The minimum Gasteiger partial charge on any atom is -0.507 e. The maximum Gasteiger partial charge on any atom is 0.295 e. The van der Waals surface area contributed by atoms with Crippen LogP contribution in [0.5, 0.6) is 11.5 Å². The molecule has 1 N–H and O–H groups in total. The Labute approximate surface area is 230 Å². The molecule has 0 spiro atoms. The Morgan fingerprint density at radius 2 is 1.62 bits per heavy atom. The molecule has 0 bridgehead atoms. The molecule has 1 aliphatic rings. The maximum absolute atomic E-state index is 13.3. The van der Waals surface area contributed by atoms with E-state index >= 15 is 0 Å². The molecular weight excluding hydrogens is 492 g/mol. The van der Waals surface area contributed by atoms with Crippen LogP contribution < -0.4 is 9.47 Å². The lowest BCUT2D eigenvalue weighted by molar-refractivity contribution is -0.139. The zero-order valence-corrected chi connectivity index (χ0v) is 23.0. The minimum atomic E-state index is -0.694. The number of carbonyl (C=O) groups excluding carboxylic acids is 2. The van der Waals surface area contributed by atoms with Crippen molar-refractivity contribution in [1.29, 1.82) is 0 Å². The van der Waals surface area contributed by atoms with Gasteiger partial charge in [0.25, 0.3) is 11.7 Å². The standard InChI is InChI=1S/C32H36N2O5/c1-5-38-26-14-10-24(11-15-26)29-28(31(36)32(37)34(29)19-7-18-33(3)4)30(35)25-12-16-27(17-13-25)39-21-23-9-6-8-22(2)20-23/h6,8-17,20,29,35H,5,7,18-19,21H2,1-4H3. The van der Waals surface area contributed by atoms with Crippen LogP contribution in [-0.4, -0.2) is 60.4 Å². The molecule has 1 fully saturated rings. The van der Waals surface area contributed by atoms with Crippen molar-refractivity contribution >= 4 is 17.4 Å². The molecule has 1 heterocycles. The highest BCUT2D eigenvalue weighted by molar-refractivity contribution is 6.46. The summed E-state index contributed by atoms with van der Waals surface area (Å²) < 4.78 is 11.5. The molecule has 1 aliphatic heterocycles.